The van der Waals surface area contributed by atoms with Crippen molar-refractivity contribution in [1.29, 1.82) is 0 Å². The third kappa shape index (κ3) is 5.36. The minimum atomic E-state index is 0.626. The van der Waals surface area contributed by atoms with E-state index in [0.29, 0.717) is 6.61 Å². The van der Waals surface area contributed by atoms with Gasteiger partial charge in [0, 0.05) is 36.3 Å². The van der Waals surface area contributed by atoms with Crippen LogP contribution in [0.25, 0.3) is 33.0 Å². The van der Waals surface area contributed by atoms with E-state index in [9.17, 15) is 0 Å². The molecular formula is C32H30N4O2. The van der Waals surface area contributed by atoms with Crippen molar-refractivity contribution in [3.63, 3.8) is 0 Å². The molecule has 0 N–H and O–H groups in total. The van der Waals surface area contributed by atoms with Crippen LogP contribution >= 0.6 is 0 Å². The molecule has 0 atom stereocenters. The molecule has 190 valence electrons. The van der Waals surface area contributed by atoms with Gasteiger partial charge >= 0.3 is 0 Å². The van der Waals surface area contributed by atoms with Crippen molar-refractivity contribution in [3.05, 3.63) is 109 Å². The van der Waals surface area contributed by atoms with E-state index in [2.05, 4.69) is 39.1 Å². The van der Waals surface area contributed by atoms with E-state index in [1.54, 1.807) is 0 Å². The van der Waals surface area contributed by atoms with Crippen LogP contribution in [0.1, 0.15) is 30.7 Å². The second-order valence-electron chi connectivity index (χ2n) is 9.50. The third-order valence-corrected chi connectivity index (χ3v) is 6.75. The summed E-state index contributed by atoms with van der Waals surface area (Å²) in [6.45, 7) is 3.21. The highest BCUT2D eigenvalue weighted by Crippen LogP contribution is 2.38. The zero-order valence-electron chi connectivity index (χ0n) is 21.3. The van der Waals surface area contributed by atoms with E-state index in [0.717, 1.165) is 89.0 Å². The zero-order valence-corrected chi connectivity index (χ0v) is 21.3. The monoisotopic (exact) mass is 502 g/mol. The Morgan fingerprint density at radius 1 is 0.684 bits per heavy atom. The largest absolute Gasteiger partial charge is 0.489 e. The van der Waals surface area contributed by atoms with Crippen LogP contribution in [0.2, 0.25) is 0 Å². The van der Waals surface area contributed by atoms with Gasteiger partial charge in [-0.1, -0.05) is 36.4 Å². The average Bonchev–Trinajstić information content (AvgIpc) is 3.34. The lowest BCUT2D eigenvalue weighted by Crippen LogP contribution is -2.25. The molecule has 0 aliphatic rings. The van der Waals surface area contributed by atoms with E-state index in [4.69, 9.17) is 14.1 Å². The number of rotatable bonds is 11. The number of pyridine rings is 3. The minimum Gasteiger partial charge on any atom is -0.489 e. The highest BCUT2D eigenvalue weighted by Gasteiger charge is 2.17. The second kappa shape index (κ2) is 11.4. The van der Waals surface area contributed by atoms with Gasteiger partial charge in [0.25, 0.3) is 0 Å². The normalized spacial score (nSPS) is 11.6. The standard InChI is InChI=1S/C32H30N4O2/c1(10-20-36(22-24-12-6-8-18-33-24)23-25-13-7-9-19-34-25)11-21-37-31-26-14-2-4-16-28(26)35-30-27-15-3-5-17-29(27)38-32(30)31/h2-9,12-19H,1,10-11,20-23H2. The smallest absolute Gasteiger partial charge is 0.196 e. The fourth-order valence-corrected chi connectivity index (χ4v) is 4.89. The van der Waals surface area contributed by atoms with Gasteiger partial charge < -0.3 is 9.15 Å². The molecule has 0 amide bonds. The van der Waals surface area contributed by atoms with E-state index < -0.39 is 0 Å². The molecule has 6 nitrogen and oxygen atoms in total. The summed E-state index contributed by atoms with van der Waals surface area (Å²) < 4.78 is 12.6. The number of furan rings is 1. The van der Waals surface area contributed by atoms with Gasteiger partial charge in [-0.25, -0.2) is 4.98 Å². The Balaban J connectivity index is 1.10. The Kier molecular flexibility index (Phi) is 7.22. The first kappa shape index (κ1) is 24.1. The van der Waals surface area contributed by atoms with Gasteiger partial charge in [0.15, 0.2) is 11.3 Å². The molecule has 6 rings (SSSR count). The molecule has 0 unspecified atom stereocenters. The molecule has 0 aliphatic carbocycles. The summed E-state index contributed by atoms with van der Waals surface area (Å²) in [7, 11) is 0. The first-order chi connectivity index (χ1) is 18.8. The lowest BCUT2D eigenvalue weighted by molar-refractivity contribution is 0.239. The summed E-state index contributed by atoms with van der Waals surface area (Å²) in [5, 5.41) is 2.00. The molecule has 4 aromatic heterocycles. The van der Waals surface area contributed by atoms with Gasteiger partial charge in [-0.3, -0.25) is 14.9 Å². The predicted octanol–water partition coefficient (Wildman–Crippen LogP) is 7.18. The van der Waals surface area contributed by atoms with Crippen LogP contribution in [0.5, 0.6) is 5.75 Å². The van der Waals surface area contributed by atoms with Crippen molar-refractivity contribution in [3.8, 4) is 5.75 Å². The zero-order chi connectivity index (χ0) is 25.6. The van der Waals surface area contributed by atoms with Gasteiger partial charge in [-0.15, -0.1) is 0 Å². The van der Waals surface area contributed by atoms with Crippen LogP contribution in [0.3, 0.4) is 0 Å². The van der Waals surface area contributed by atoms with Crippen LogP contribution in [0.4, 0.5) is 0 Å². The maximum atomic E-state index is 6.39. The summed E-state index contributed by atoms with van der Waals surface area (Å²) in [5.41, 5.74) is 5.48. The second-order valence-corrected chi connectivity index (χ2v) is 9.50. The molecule has 2 aromatic carbocycles. The van der Waals surface area contributed by atoms with Crippen molar-refractivity contribution >= 4 is 33.0 Å². The highest BCUT2D eigenvalue weighted by molar-refractivity contribution is 6.09. The molecule has 0 saturated heterocycles. The number of hydrogen-bond acceptors (Lipinski definition) is 6. The predicted molar refractivity (Wildman–Crippen MR) is 151 cm³/mol. The van der Waals surface area contributed by atoms with Crippen molar-refractivity contribution < 1.29 is 9.15 Å². The van der Waals surface area contributed by atoms with E-state index in [-0.39, 0.29) is 0 Å². The number of benzene rings is 2. The Hall–Kier alpha value is -4.29. The topological polar surface area (TPSA) is 64.3 Å². The molecule has 6 aromatic rings. The number of ether oxygens (including phenoxy) is 1. The molecule has 0 fully saturated rings. The number of hydrogen-bond donors (Lipinski definition) is 0. The van der Waals surface area contributed by atoms with Gasteiger partial charge in [-0.2, -0.15) is 0 Å². The number of aromatic nitrogens is 3. The van der Waals surface area contributed by atoms with Crippen LogP contribution in [0.15, 0.2) is 102 Å². The molecule has 0 bridgehead atoms. The van der Waals surface area contributed by atoms with Crippen LogP contribution in [-0.4, -0.2) is 33.0 Å². The Morgan fingerprint density at radius 2 is 1.37 bits per heavy atom. The van der Waals surface area contributed by atoms with E-state index in [1.165, 1.54) is 0 Å². The third-order valence-electron chi connectivity index (χ3n) is 6.75. The van der Waals surface area contributed by atoms with Crippen LogP contribution in [0, 0.1) is 0 Å². The number of nitrogens with zero attached hydrogens (tertiary/aromatic N) is 4. The van der Waals surface area contributed by atoms with Crippen molar-refractivity contribution in [2.24, 2.45) is 0 Å². The number of para-hydroxylation sites is 2. The molecule has 6 heteroatoms. The maximum absolute atomic E-state index is 6.39. The van der Waals surface area contributed by atoms with Gasteiger partial charge in [0.1, 0.15) is 11.1 Å². The highest BCUT2D eigenvalue weighted by atomic mass is 16.5. The van der Waals surface area contributed by atoms with Crippen molar-refractivity contribution in [2.45, 2.75) is 32.4 Å². The fourth-order valence-electron chi connectivity index (χ4n) is 4.89. The Labute approximate surface area is 221 Å². The number of unbranched alkanes of at least 4 members (excludes halogenated alkanes) is 2. The summed E-state index contributed by atoms with van der Waals surface area (Å²) >= 11 is 0. The van der Waals surface area contributed by atoms with Crippen molar-refractivity contribution in [2.75, 3.05) is 13.2 Å². The molecule has 0 spiro atoms. The van der Waals surface area contributed by atoms with E-state index in [1.807, 2.05) is 73.1 Å². The van der Waals surface area contributed by atoms with Crippen LogP contribution < -0.4 is 4.74 Å². The Morgan fingerprint density at radius 3 is 2.11 bits per heavy atom. The molecule has 4 heterocycles. The lowest BCUT2D eigenvalue weighted by atomic mass is 10.1. The lowest BCUT2D eigenvalue weighted by Gasteiger charge is -2.21. The summed E-state index contributed by atoms with van der Waals surface area (Å²) in [4.78, 5) is 16.3. The molecule has 0 saturated carbocycles. The molecule has 38 heavy (non-hydrogen) atoms. The number of fused-ring (bicyclic) bond motifs is 4. The molecular weight excluding hydrogens is 472 g/mol. The summed E-state index contributed by atoms with van der Waals surface area (Å²) in [6.07, 6.45) is 6.80. The van der Waals surface area contributed by atoms with Crippen molar-refractivity contribution in [1.82, 2.24) is 19.9 Å². The maximum Gasteiger partial charge on any atom is 0.196 e. The fraction of sp³-hybridized carbons (Fsp3) is 0.219. The molecule has 0 radical (unpaired) electrons. The summed E-state index contributed by atoms with van der Waals surface area (Å²) in [5.74, 6) is 0.786. The minimum absolute atomic E-state index is 0.626. The summed E-state index contributed by atoms with van der Waals surface area (Å²) in [6, 6.07) is 28.3. The Bertz CT molecular complexity index is 1590. The van der Waals surface area contributed by atoms with Crippen LogP contribution in [-0.2, 0) is 13.1 Å². The molecule has 0 aliphatic heterocycles. The average molecular weight is 503 g/mol. The SMILES string of the molecule is c1ccc(CN(CCCCCOc2c3ccccc3nc3c2oc2ccccc23)Cc2ccccn2)nc1. The quantitative estimate of drug-likeness (QED) is 0.175. The van der Waals surface area contributed by atoms with Gasteiger partial charge in [-0.05, 0) is 74.3 Å². The first-order valence-corrected chi connectivity index (χ1v) is 13.2. The van der Waals surface area contributed by atoms with Gasteiger partial charge in [0.05, 0.1) is 23.5 Å². The van der Waals surface area contributed by atoms with E-state index >= 15 is 0 Å². The van der Waals surface area contributed by atoms with Gasteiger partial charge in [0.2, 0.25) is 0 Å². The first-order valence-electron chi connectivity index (χ1n) is 13.2.